The van der Waals surface area contributed by atoms with E-state index in [1.54, 1.807) is 6.07 Å². The molecule has 6 nitrogen and oxygen atoms in total. The van der Waals surface area contributed by atoms with Crippen LogP contribution in [-0.4, -0.2) is 38.1 Å². The molecule has 1 aliphatic rings. The fourth-order valence-corrected chi connectivity index (χ4v) is 4.31. The van der Waals surface area contributed by atoms with Crippen LogP contribution in [0.1, 0.15) is 62.0 Å². The molecule has 4 rings (SSSR count). The van der Waals surface area contributed by atoms with E-state index in [0.717, 1.165) is 34.7 Å². The van der Waals surface area contributed by atoms with Crippen molar-refractivity contribution in [1.29, 1.82) is 0 Å². The fourth-order valence-electron chi connectivity index (χ4n) is 4.31. The van der Waals surface area contributed by atoms with Crippen LogP contribution < -0.4 is 20.8 Å². The van der Waals surface area contributed by atoms with Crippen LogP contribution in [0.25, 0.3) is 10.8 Å². The summed E-state index contributed by atoms with van der Waals surface area (Å²) >= 11 is 0. The molecule has 186 valence electrons. The summed E-state index contributed by atoms with van der Waals surface area (Å²) in [4.78, 5) is 25.4. The van der Waals surface area contributed by atoms with E-state index in [-0.39, 0.29) is 18.6 Å². The molecule has 7 heteroatoms. The zero-order chi connectivity index (χ0) is 26.1. The highest BCUT2D eigenvalue weighted by molar-refractivity contribution is 6.33. The molecule has 2 amide bonds. The Hall–Kier alpha value is -3.48. The van der Waals surface area contributed by atoms with Crippen LogP contribution in [-0.2, 0) is 10.3 Å². The number of rotatable bonds is 7. The van der Waals surface area contributed by atoms with Gasteiger partial charge in [0.2, 0.25) is 0 Å². The second kappa shape index (κ2) is 9.88. The first kappa shape index (κ1) is 25.6. The Bertz CT molecular complexity index is 1290. The van der Waals surface area contributed by atoms with Gasteiger partial charge in [0.25, 0.3) is 5.91 Å². The average molecular weight is 484 g/mol. The minimum atomic E-state index is -0.569. The van der Waals surface area contributed by atoms with Crippen molar-refractivity contribution in [2.45, 2.75) is 64.6 Å². The molecule has 1 saturated carbocycles. The predicted molar refractivity (Wildman–Crippen MR) is 143 cm³/mol. The Morgan fingerprint density at radius 3 is 2.50 bits per heavy atom. The van der Waals surface area contributed by atoms with Crippen LogP contribution in [0.15, 0.2) is 54.6 Å². The number of alkyl carbamates (subject to hydrolysis) is 1. The maximum absolute atomic E-state index is 13.4. The second-order valence-corrected chi connectivity index (χ2v) is 10.7. The molecule has 2 radical (unpaired) electrons. The molecule has 0 saturated heterocycles. The molecular weight excluding hydrogens is 451 g/mol. The molecule has 1 fully saturated rings. The summed E-state index contributed by atoms with van der Waals surface area (Å²) in [5.41, 5.74) is 2.15. The Morgan fingerprint density at radius 2 is 1.81 bits per heavy atom. The average Bonchev–Trinajstić information content (AvgIpc) is 3.56. The molecule has 0 spiro atoms. The van der Waals surface area contributed by atoms with Crippen LogP contribution in [0.5, 0.6) is 5.75 Å². The Morgan fingerprint density at radius 1 is 1.08 bits per heavy atom. The van der Waals surface area contributed by atoms with Crippen molar-refractivity contribution >= 4 is 36.1 Å². The van der Waals surface area contributed by atoms with Crippen molar-refractivity contribution in [2.24, 2.45) is 0 Å². The van der Waals surface area contributed by atoms with E-state index in [0.29, 0.717) is 16.8 Å². The minimum absolute atomic E-state index is 0.151. The SMILES string of the molecule is [B]c1cc(C2(NC(=O)c3cc(OC[C@H](C)NC(=O)OC(C)(C)C)ccc3C)CC2)c2ccccc2c1. The zero-order valence-corrected chi connectivity index (χ0v) is 21.6. The number of carbonyl (C=O) groups is 2. The lowest BCUT2D eigenvalue weighted by molar-refractivity contribution is 0.0494. The van der Waals surface area contributed by atoms with Crippen LogP contribution in [0, 0.1) is 6.92 Å². The third-order valence-corrected chi connectivity index (χ3v) is 6.22. The number of ether oxygens (including phenoxy) is 2. The van der Waals surface area contributed by atoms with Crippen LogP contribution in [0.2, 0.25) is 0 Å². The van der Waals surface area contributed by atoms with Gasteiger partial charge in [-0.05, 0) is 81.5 Å². The predicted octanol–water partition coefficient (Wildman–Crippen LogP) is 4.65. The quantitative estimate of drug-likeness (QED) is 0.479. The molecule has 36 heavy (non-hydrogen) atoms. The van der Waals surface area contributed by atoms with Crippen molar-refractivity contribution in [3.8, 4) is 5.75 Å². The lowest BCUT2D eigenvalue weighted by Crippen LogP contribution is -2.40. The van der Waals surface area contributed by atoms with Gasteiger partial charge in [0.1, 0.15) is 25.8 Å². The van der Waals surface area contributed by atoms with E-state index in [4.69, 9.17) is 17.3 Å². The molecule has 2 N–H and O–H groups in total. The molecule has 0 heterocycles. The fraction of sp³-hybridized carbons (Fsp3) is 0.379. The summed E-state index contributed by atoms with van der Waals surface area (Å²) in [7, 11) is 6.19. The molecule has 0 aliphatic heterocycles. The summed E-state index contributed by atoms with van der Waals surface area (Å²) in [6.07, 6.45) is 1.22. The van der Waals surface area contributed by atoms with Crippen molar-refractivity contribution < 1.29 is 19.1 Å². The zero-order valence-electron chi connectivity index (χ0n) is 21.6. The smallest absolute Gasteiger partial charge is 0.407 e. The molecular formula is C29H33BN2O4. The molecule has 1 atom stereocenters. The van der Waals surface area contributed by atoms with Crippen LogP contribution in [0.4, 0.5) is 4.79 Å². The highest BCUT2D eigenvalue weighted by Gasteiger charge is 2.46. The largest absolute Gasteiger partial charge is 0.491 e. The van der Waals surface area contributed by atoms with Gasteiger partial charge in [-0.15, -0.1) is 0 Å². The van der Waals surface area contributed by atoms with E-state index >= 15 is 0 Å². The normalized spacial score (nSPS) is 15.1. The van der Waals surface area contributed by atoms with Gasteiger partial charge in [0, 0.05) is 5.56 Å². The lowest BCUT2D eigenvalue weighted by atomic mass is 9.87. The molecule has 3 aromatic rings. The summed E-state index contributed by atoms with van der Waals surface area (Å²) in [6.45, 7) is 9.41. The molecule has 0 aromatic heterocycles. The van der Waals surface area contributed by atoms with E-state index in [9.17, 15) is 9.59 Å². The van der Waals surface area contributed by atoms with Crippen molar-refractivity contribution in [1.82, 2.24) is 10.6 Å². The van der Waals surface area contributed by atoms with Crippen molar-refractivity contribution in [2.75, 3.05) is 6.61 Å². The van der Waals surface area contributed by atoms with Gasteiger partial charge in [-0.2, -0.15) is 0 Å². The third-order valence-electron chi connectivity index (χ3n) is 6.22. The van der Waals surface area contributed by atoms with Crippen molar-refractivity contribution in [3.05, 3.63) is 71.3 Å². The Kier molecular flexibility index (Phi) is 7.03. The number of fused-ring (bicyclic) bond motifs is 1. The summed E-state index contributed by atoms with van der Waals surface area (Å²) in [5.74, 6) is 0.407. The van der Waals surface area contributed by atoms with Gasteiger partial charge in [0.05, 0.1) is 11.6 Å². The first-order valence-electron chi connectivity index (χ1n) is 12.3. The van der Waals surface area contributed by atoms with Crippen LogP contribution >= 0.6 is 0 Å². The maximum Gasteiger partial charge on any atom is 0.407 e. The summed E-state index contributed by atoms with van der Waals surface area (Å²) in [5, 5.41) is 8.20. The molecule has 0 bridgehead atoms. The third kappa shape index (κ3) is 6.01. The standard InChI is InChI=1S/C29H33BN2O4/c1-18-10-11-22(35-17-19(2)31-27(34)36-28(3,4)5)16-24(18)26(33)32-29(12-13-29)25-15-21(30)14-20-8-6-7-9-23(20)25/h6-11,14-16,19H,12-13,17H2,1-5H3,(H,31,34)(H,32,33)/t19-/m0/s1. The number of carbonyl (C=O) groups excluding carboxylic acids is 2. The number of nitrogens with one attached hydrogen (secondary N) is 2. The van der Waals surface area contributed by atoms with Gasteiger partial charge in [-0.3, -0.25) is 4.79 Å². The molecule has 1 aliphatic carbocycles. The summed E-state index contributed by atoms with van der Waals surface area (Å²) < 4.78 is 11.2. The number of amides is 2. The highest BCUT2D eigenvalue weighted by Crippen LogP contribution is 2.48. The number of hydrogen-bond acceptors (Lipinski definition) is 4. The van der Waals surface area contributed by atoms with E-state index in [2.05, 4.69) is 16.7 Å². The monoisotopic (exact) mass is 484 g/mol. The molecule has 3 aromatic carbocycles. The number of aryl methyl sites for hydroxylation is 1. The minimum Gasteiger partial charge on any atom is -0.491 e. The summed E-state index contributed by atoms with van der Waals surface area (Å²) in [6, 6.07) is 17.2. The second-order valence-electron chi connectivity index (χ2n) is 10.7. The Balaban J connectivity index is 1.45. The first-order chi connectivity index (χ1) is 17.0. The number of benzene rings is 3. The van der Waals surface area contributed by atoms with Gasteiger partial charge >= 0.3 is 6.09 Å². The lowest BCUT2D eigenvalue weighted by Gasteiger charge is -2.22. The Labute approximate surface area is 214 Å². The maximum atomic E-state index is 13.4. The van der Waals surface area contributed by atoms with Gasteiger partial charge in [0.15, 0.2) is 0 Å². The van der Waals surface area contributed by atoms with Gasteiger partial charge < -0.3 is 20.1 Å². The first-order valence-corrected chi connectivity index (χ1v) is 12.3. The molecule has 0 unspecified atom stereocenters. The number of hydrogen-bond donors (Lipinski definition) is 2. The van der Waals surface area contributed by atoms with E-state index < -0.39 is 17.2 Å². The van der Waals surface area contributed by atoms with Crippen molar-refractivity contribution in [3.63, 3.8) is 0 Å². The van der Waals surface area contributed by atoms with E-state index in [1.165, 1.54) is 0 Å². The topological polar surface area (TPSA) is 76.7 Å². The van der Waals surface area contributed by atoms with Gasteiger partial charge in [-0.1, -0.05) is 47.9 Å². The van der Waals surface area contributed by atoms with Gasteiger partial charge in [-0.25, -0.2) is 4.79 Å². The highest BCUT2D eigenvalue weighted by atomic mass is 16.6. The van der Waals surface area contributed by atoms with Crippen LogP contribution in [0.3, 0.4) is 0 Å². The van der Waals surface area contributed by atoms with E-state index in [1.807, 2.05) is 77.1 Å².